The minimum absolute atomic E-state index is 0.270. The van der Waals surface area contributed by atoms with Crippen LogP contribution < -0.4 is 0 Å². The SMILES string of the molecule is Cc1cc(C)c2c(C)cc3c4c2c1C1C(=Nc2ccccc21)C4C1=C(C3)c2ccccc2C1. The Hall–Kier alpha value is -3.45. The van der Waals surface area contributed by atoms with Gasteiger partial charge >= 0.3 is 0 Å². The zero-order chi connectivity index (χ0) is 22.0. The van der Waals surface area contributed by atoms with Crippen molar-refractivity contribution in [2.75, 3.05) is 0 Å². The summed E-state index contributed by atoms with van der Waals surface area (Å²) in [7, 11) is 0. The van der Waals surface area contributed by atoms with Crippen LogP contribution in [0.1, 0.15) is 61.9 Å². The smallest absolute Gasteiger partial charge is 0.0671 e. The van der Waals surface area contributed by atoms with Gasteiger partial charge in [-0.1, -0.05) is 54.6 Å². The fourth-order valence-electron chi connectivity index (χ4n) is 7.57. The summed E-state index contributed by atoms with van der Waals surface area (Å²) in [4.78, 5) is 5.38. The van der Waals surface area contributed by atoms with Crippen LogP contribution in [0.15, 0.2) is 71.2 Å². The van der Waals surface area contributed by atoms with E-state index in [1.165, 1.54) is 66.7 Å². The number of hydrogen-bond donors (Lipinski definition) is 0. The van der Waals surface area contributed by atoms with Crippen LogP contribution in [0.5, 0.6) is 0 Å². The average molecular weight is 424 g/mol. The Labute approximate surface area is 194 Å². The molecule has 0 saturated heterocycles. The maximum absolute atomic E-state index is 5.38. The predicted molar refractivity (Wildman–Crippen MR) is 137 cm³/mol. The van der Waals surface area contributed by atoms with E-state index in [0.29, 0.717) is 5.92 Å². The van der Waals surface area contributed by atoms with Crippen LogP contribution in [-0.4, -0.2) is 5.71 Å². The highest BCUT2D eigenvalue weighted by Crippen LogP contribution is 2.59. The number of hydrogen-bond acceptors (Lipinski definition) is 1. The number of benzene rings is 4. The van der Waals surface area contributed by atoms with Crippen LogP contribution in [0.25, 0.3) is 16.3 Å². The first-order valence-corrected chi connectivity index (χ1v) is 12.2. The van der Waals surface area contributed by atoms with Gasteiger partial charge in [-0.25, -0.2) is 0 Å². The molecule has 1 aliphatic heterocycles. The van der Waals surface area contributed by atoms with Gasteiger partial charge in [-0.3, -0.25) is 4.99 Å². The standard InChI is InChI=1S/C32H25N/c1-16-12-17(2)27-29-22-10-6-7-11-25(22)33-32(29)30-24-14-19-8-4-5-9-21(19)23(24)15-20-13-18(3)26(16)31(27)28(20)30/h4-13,29-30H,14-15H2,1-3H3. The van der Waals surface area contributed by atoms with Gasteiger partial charge < -0.3 is 0 Å². The van der Waals surface area contributed by atoms with E-state index < -0.39 is 0 Å². The molecule has 2 atom stereocenters. The quantitative estimate of drug-likeness (QED) is 0.275. The molecule has 8 rings (SSSR count). The molecule has 1 heterocycles. The van der Waals surface area contributed by atoms with Crippen LogP contribution in [0.4, 0.5) is 5.69 Å². The zero-order valence-corrected chi connectivity index (χ0v) is 19.3. The normalized spacial score (nSPS) is 21.0. The maximum Gasteiger partial charge on any atom is 0.0671 e. The van der Waals surface area contributed by atoms with Crippen molar-refractivity contribution in [2.24, 2.45) is 4.99 Å². The van der Waals surface area contributed by atoms with Crippen molar-refractivity contribution in [3.05, 3.63) is 116 Å². The maximum atomic E-state index is 5.38. The molecular formula is C32H25N. The fourth-order valence-corrected chi connectivity index (χ4v) is 7.57. The van der Waals surface area contributed by atoms with Crippen molar-refractivity contribution < 1.29 is 0 Å². The lowest BCUT2D eigenvalue weighted by Gasteiger charge is -2.39. The van der Waals surface area contributed by atoms with E-state index in [4.69, 9.17) is 4.99 Å². The Morgan fingerprint density at radius 2 is 1.48 bits per heavy atom. The van der Waals surface area contributed by atoms with E-state index in [-0.39, 0.29) is 5.92 Å². The van der Waals surface area contributed by atoms with Crippen LogP contribution >= 0.6 is 0 Å². The van der Waals surface area contributed by atoms with E-state index in [2.05, 4.69) is 81.4 Å². The first-order valence-electron chi connectivity index (χ1n) is 12.2. The molecule has 0 bridgehead atoms. The monoisotopic (exact) mass is 423 g/mol. The van der Waals surface area contributed by atoms with Crippen LogP contribution in [0, 0.1) is 20.8 Å². The lowest BCUT2D eigenvalue weighted by atomic mass is 9.63. The predicted octanol–water partition coefficient (Wildman–Crippen LogP) is 7.65. The molecule has 1 nitrogen and oxygen atoms in total. The van der Waals surface area contributed by atoms with Crippen molar-refractivity contribution >= 4 is 27.7 Å². The summed E-state index contributed by atoms with van der Waals surface area (Å²) in [5, 5.41) is 3.01. The fraction of sp³-hybridized carbons (Fsp3) is 0.219. The van der Waals surface area contributed by atoms with Gasteiger partial charge in [0.1, 0.15) is 0 Å². The molecule has 33 heavy (non-hydrogen) atoms. The lowest BCUT2D eigenvalue weighted by Crippen LogP contribution is -2.30. The Bertz CT molecular complexity index is 1650. The van der Waals surface area contributed by atoms with Crippen LogP contribution in [0.3, 0.4) is 0 Å². The molecular weight excluding hydrogens is 398 g/mol. The molecule has 4 aromatic rings. The zero-order valence-electron chi connectivity index (χ0n) is 19.3. The molecule has 0 saturated carbocycles. The second kappa shape index (κ2) is 5.91. The van der Waals surface area contributed by atoms with Gasteiger partial charge in [0, 0.05) is 11.6 Å². The minimum atomic E-state index is 0.270. The lowest BCUT2D eigenvalue weighted by molar-refractivity contribution is 0.891. The van der Waals surface area contributed by atoms with Crippen molar-refractivity contribution in [1.82, 2.24) is 0 Å². The topological polar surface area (TPSA) is 12.4 Å². The largest absolute Gasteiger partial charge is 0.256 e. The molecule has 0 fully saturated rings. The molecule has 0 radical (unpaired) electrons. The van der Waals surface area contributed by atoms with E-state index >= 15 is 0 Å². The molecule has 1 heteroatoms. The Morgan fingerprint density at radius 3 is 2.39 bits per heavy atom. The van der Waals surface area contributed by atoms with Gasteiger partial charge in [0.15, 0.2) is 0 Å². The second-order valence-electron chi connectivity index (χ2n) is 10.4. The van der Waals surface area contributed by atoms with Gasteiger partial charge in [-0.05, 0) is 112 Å². The Balaban J connectivity index is 1.54. The summed E-state index contributed by atoms with van der Waals surface area (Å²) in [6, 6.07) is 22.8. The van der Waals surface area contributed by atoms with Gasteiger partial charge in [-0.2, -0.15) is 0 Å². The summed E-state index contributed by atoms with van der Waals surface area (Å²) in [6.07, 6.45) is 2.11. The van der Waals surface area contributed by atoms with Gasteiger partial charge in [0.2, 0.25) is 0 Å². The number of aliphatic imine (C=N–C) groups is 1. The first-order chi connectivity index (χ1) is 16.1. The Morgan fingerprint density at radius 1 is 0.697 bits per heavy atom. The molecule has 3 aliphatic carbocycles. The molecule has 0 amide bonds. The highest BCUT2D eigenvalue weighted by Gasteiger charge is 2.46. The first kappa shape index (κ1) is 18.0. The van der Waals surface area contributed by atoms with E-state index in [9.17, 15) is 0 Å². The number of rotatable bonds is 0. The van der Waals surface area contributed by atoms with E-state index in [1.807, 2.05) is 0 Å². The molecule has 158 valence electrons. The third-order valence-electron chi connectivity index (χ3n) is 8.66. The number of nitrogens with zero attached hydrogens (tertiary/aromatic N) is 1. The summed E-state index contributed by atoms with van der Waals surface area (Å²) >= 11 is 0. The van der Waals surface area contributed by atoms with Crippen molar-refractivity contribution in [2.45, 2.75) is 45.4 Å². The van der Waals surface area contributed by atoms with E-state index in [0.717, 1.165) is 12.8 Å². The van der Waals surface area contributed by atoms with Crippen LogP contribution in [-0.2, 0) is 12.8 Å². The van der Waals surface area contributed by atoms with Gasteiger partial charge in [0.25, 0.3) is 0 Å². The summed E-state index contributed by atoms with van der Waals surface area (Å²) < 4.78 is 0. The number of aryl methyl sites for hydroxylation is 3. The minimum Gasteiger partial charge on any atom is -0.256 e. The molecule has 4 aliphatic rings. The molecule has 2 unspecified atom stereocenters. The third-order valence-corrected chi connectivity index (χ3v) is 8.66. The highest BCUT2D eigenvalue weighted by molar-refractivity contribution is 6.17. The summed E-state index contributed by atoms with van der Waals surface area (Å²) in [5.41, 5.74) is 18.9. The molecule has 4 aromatic carbocycles. The molecule has 0 aromatic heterocycles. The molecule has 0 spiro atoms. The van der Waals surface area contributed by atoms with Crippen molar-refractivity contribution in [1.29, 1.82) is 0 Å². The molecule has 0 N–H and O–H groups in total. The highest BCUT2D eigenvalue weighted by atomic mass is 14.8. The summed E-state index contributed by atoms with van der Waals surface area (Å²) in [6.45, 7) is 6.93. The van der Waals surface area contributed by atoms with Crippen LogP contribution in [0.2, 0.25) is 0 Å². The summed E-state index contributed by atoms with van der Waals surface area (Å²) in [5.74, 6) is 0.567. The van der Waals surface area contributed by atoms with Gasteiger partial charge in [0.05, 0.1) is 11.6 Å². The second-order valence-corrected chi connectivity index (χ2v) is 10.4. The Kier molecular flexibility index (Phi) is 3.23. The van der Waals surface area contributed by atoms with Gasteiger partial charge in [-0.15, -0.1) is 0 Å². The third kappa shape index (κ3) is 2.07. The number of allylic oxidation sites excluding steroid dienone is 2. The number of fused-ring (bicyclic) bond motifs is 8. The number of para-hydroxylation sites is 1. The average Bonchev–Trinajstić information content (AvgIpc) is 3.37. The van der Waals surface area contributed by atoms with E-state index in [1.54, 1.807) is 16.7 Å². The van der Waals surface area contributed by atoms with Crippen molar-refractivity contribution in [3.63, 3.8) is 0 Å². The van der Waals surface area contributed by atoms with Crippen molar-refractivity contribution in [3.8, 4) is 0 Å².